The first kappa shape index (κ1) is 8.26. The molecule has 0 saturated heterocycles. The van der Waals surface area contributed by atoms with Crippen molar-refractivity contribution in [1.29, 1.82) is 0 Å². The van der Waals surface area contributed by atoms with Gasteiger partial charge in [-0.25, -0.2) is 9.07 Å². The third-order valence-corrected chi connectivity index (χ3v) is 2.28. The lowest BCUT2D eigenvalue weighted by atomic mass is 10.2. The van der Waals surface area contributed by atoms with E-state index in [1.165, 1.54) is 0 Å². The molecular formula is C9H7ClN2O. The second-order valence-electron chi connectivity index (χ2n) is 2.76. The normalized spacial score (nSPS) is 10.6. The summed E-state index contributed by atoms with van der Waals surface area (Å²) in [7, 11) is 0. The number of rotatable bonds is 0. The number of fused-ring (bicyclic) bond motifs is 1. The van der Waals surface area contributed by atoms with Gasteiger partial charge in [0, 0.05) is 11.8 Å². The standard InChI is InChI=1S/C9H7ClN2O/c1-6-11-8-5-3-2-4-7(8)9(13)12(6)10/h2-5H,1H3. The van der Waals surface area contributed by atoms with E-state index in [1.54, 1.807) is 25.1 Å². The summed E-state index contributed by atoms with van der Waals surface area (Å²) in [5.41, 5.74) is 0.465. The molecule has 0 amide bonds. The second kappa shape index (κ2) is 2.85. The fourth-order valence-electron chi connectivity index (χ4n) is 1.22. The molecule has 0 N–H and O–H groups in total. The Labute approximate surface area is 79.7 Å². The summed E-state index contributed by atoms with van der Waals surface area (Å²) in [6.07, 6.45) is 0. The average molecular weight is 195 g/mol. The van der Waals surface area contributed by atoms with Crippen LogP contribution >= 0.6 is 11.8 Å². The molecule has 66 valence electrons. The van der Waals surface area contributed by atoms with Gasteiger partial charge in [0.15, 0.2) is 0 Å². The maximum absolute atomic E-state index is 11.5. The predicted molar refractivity (Wildman–Crippen MR) is 52.0 cm³/mol. The Balaban J connectivity index is 3.03. The van der Waals surface area contributed by atoms with E-state index >= 15 is 0 Å². The fourth-order valence-corrected chi connectivity index (χ4v) is 1.35. The molecule has 0 aliphatic rings. The van der Waals surface area contributed by atoms with Gasteiger partial charge in [0.25, 0.3) is 5.56 Å². The molecule has 1 heterocycles. The van der Waals surface area contributed by atoms with Gasteiger partial charge in [-0.1, -0.05) is 12.1 Å². The van der Waals surface area contributed by atoms with Gasteiger partial charge >= 0.3 is 0 Å². The zero-order chi connectivity index (χ0) is 9.42. The summed E-state index contributed by atoms with van der Waals surface area (Å²) >= 11 is 5.70. The number of aryl methyl sites for hydroxylation is 1. The van der Waals surface area contributed by atoms with Crippen molar-refractivity contribution in [2.45, 2.75) is 6.92 Å². The van der Waals surface area contributed by atoms with E-state index in [1.807, 2.05) is 6.07 Å². The van der Waals surface area contributed by atoms with Crippen molar-refractivity contribution in [1.82, 2.24) is 9.07 Å². The van der Waals surface area contributed by atoms with Crippen LogP contribution in [0.15, 0.2) is 29.1 Å². The quantitative estimate of drug-likeness (QED) is 0.640. The van der Waals surface area contributed by atoms with Crippen LogP contribution < -0.4 is 5.56 Å². The topological polar surface area (TPSA) is 34.9 Å². The van der Waals surface area contributed by atoms with Gasteiger partial charge in [-0.2, -0.15) is 0 Å². The Morgan fingerprint density at radius 1 is 1.38 bits per heavy atom. The first-order valence-corrected chi connectivity index (χ1v) is 4.18. The molecule has 0 aliphatic heterocycles. The minimum Gasteiger partial charge on any atom is -0.267 e. The molecule has 13 heavy (non-hydrogen) atoms. The monoisotopic (exact) mass is 194 g/mol. The highest BCUT2D eigenvalue weighted by Crippen LogP contribution is 2.07. The molecule has 0 atom stereocenters. The zero-order valence-corrected chi connectivity index (χ0v) is 7.75. The molecule has 0 saturated carbocycles. The summed E-state index contributed by atoms with van der Waals surface area (Å²) in [6, 6.07) is 7.13. The third kappa shape index (κ3) is 1.21. The summed E-state index contributed by atoms with van der Waals surface area (Å²) in [6.45, 7) is 1.70. The Morgan fingerprint density at radius 2 is 2.08 bits per heavy atom. The average Bonchev–Trinajstić information content (AvgIpc) is 2.15. The van der Waals surface area contributed by atoms with Crippen molar-refractivity contribution in [2.24, 2.45) is 0 Å². The minimum absolute atomic E-state index is 0.218. The SMILES string of the molecule is Cc1nc2ccccc2c(=O)n1Cl. The summed E-state index contributed by atoms with van der Waals surface area (Å²) in [4.78, 5) is 15.7. The van der Waals surface area contributed by atoms with Crippen LogP contribution in [0.4, 0.5) is 0 Å². The molecule has 0 fully saturated rings. The molecule has 0 unspecified atom stereocenters. The second-order valence-corrected chi connectivity index (χ2v) is 3.10. The van der Waals surface area contributed by atoms with Crippen molar-refractivity contribution in [3.05, 3.63) is 40.4 Å². The van der Waals surface area contributed by atoms with Crippen LogP contribution in [0, 0.1) is 6.92 Å². The van der Waals surface area contributed by atoms with Crippen LogP contribution in [0.25, 0.3) is 10.9 Å². The van der Waals surface area contributed by atoms with E-state index in [-0.39, 0.29) is 5.56 Å². The zero-order valence-electron chi connectivity index (χ0n) is 6.99. The van der Waals surface area contributed by atoms with Crippen LogP contribution in [0.5, 0.6) is 0 Å². The van der Waals surface area contributed by atoms with Gasteiger partial charge in [0.05, 0.1) is 10.9 Å². The first-order chi connectivity index (χ1) is 6.20. The maximum atomic E-state index is 11.5. The molecular weight excluding hydrogens is 188 g/mol. The molecule has 1 aromatic carbocycles. The highest BCUT2D eigenvalue weighted by Gasteiger charge is 2.04. The number of hydrogen-bond donors (Lipinski definition) is 0. The van der Waals surface area contributed by atoms with Crippen molar-refractivity contribution in [3.63, 3.8) is 0 Å². The van der Waals surface area contributed by atoms with Crippen molar-refractivity contribution in [3.8, 4) is 0 Å². The van der Waals surface area contributed by atoms with Crippen molar-refractivity contribution < 1.29 is 0 Å². The number of benzene rings is 1. The maximum Gasteiger partial charge on any atom is 0.276 e. The number of nitrogens with zero attached hydrogens (tertiary/aromatic N) is 2. The number of hydrogen-bond acceptors (Lipinski definition) is 2. The van der Waals surface area contributed by atoms with Gasteiger partial charge in [-0.15, -0.1) is 0 Å². The molecule has 2 rings (SSSR count). The molecule has 0 spiro atoms. The lowest BCUT2D eigenvalue weighted by molar-refractivity contribution is 0.988. The van der Waals surface area contributed by atoms with Crippen molar-refractivity contribution in [2.75, 3.05) is 0 Å². The van der Waals surface area contributed by atoms with Gasteiger partial charge in [-0.05, 0) is 19.1 Å². The van der Waals surface area contributed by atoms with Crippen molar-refractivity contribution >= 4 is 22.7 Å². The van der Waals surface area contributed by atoms with E-state index in [4.69, 9.17) is 11.8 Å². The largest absolute Gasteiger partial charge is 0.276 e. The number of aromatic nitrogens is 2. The van der Waals surface area contributed by atoms with E-state index in [0.29, 0.717) is 16.7 Å². The Hall–Kier alpha value is -1.35. The molecule has 3 nitrogen and oxygen atoms in total. The van der Waals surface area contributed by atoms with Crippen LogP contribution in [-0.4, -0.2) is 9.07 Å². The molecule has 0 radical (unpaired) electrons. The van der Waals surface area contributed by atoms with E-state index in [2.05, 4.69) is 4.98 Å². The Kier molecular flexibility index (Phi) is 1.81. The fraction of sp³-hybridized carbons (Fsp3) is 0.111. The summed E-state index contributed by atoms with van der Waals surface area (Å²) in [5.74, 6) is 0.505. The molecule has 4 heteroatoms. The predicted octanol–water partition coefficient (Wildman–Crippen LogP) is 1.71. The summed E-state index contributed by atoms with van der Waals surface area (Å²) in [5, 5.41) is 0.545. The van der Waals surface area contributed by atoms with Gasteiger partial charge in [0.1, 0.15) is 5.82 Å². The lowest BCUT2D eigenvalue weighted by Crippen LogP contribution is -2.16. The van der Waals surface area contributed by atoms with Gasteiger partial charge in [-0.3, -0.25) is 4.79 Å². The van der Waals surface area contributed by atoms with Crippen LogP contribution in [0.3, 0.4) is 0 Å². The van der Waals surface area contributed by atoms with E-state index in [0.717, 1.165) is 4.09 Å². The first-order valence-electron chi connectivity index (χ1n) is 3.84. The molecule has 2 aromatic rings. The van der Waals surface area contributed by atoms with Crippen LogP contribution in [-0.2, 0) is 0 Å². The summed E-state index contributed by atoms with van der Waals surface area (Å²) < 4.78 is 1.03. The number of para-hydroxylation sites is 1. The smallest absolute Gasteiger partial charge is 0.267 e. The van der Waals surface area contributed by atoms with E-state index < -0.39 is 0 Å². The van der Waals surface area contributed by atoms with E-state index in [9.17, 15) is 4.79 Å². The molecule has 1 aromatic heterocycles. The molecule has 0 bridgehead atoms. The van der Waals surface area contributed by atoms with Gasteiger partial charge in [0.2, 0.25) is 0 Å². The Morgan fingerprint density at radius 3 is 2.85 bits per heavy atom. The van der Waals surface area contributed by atoms with Gasteiger partial charge < -0.3 is 0 Å². The third-order valence-electron chi connectivity index (χ3n) is 1.88. The van der Waals surface area contributed by atoms with Crippen LogP contribution in [0.2, 0.25) is 0 Å². The highest BCUT2D eigenvalue weighted by atomic mass is 35.5. The highest BCUT2D eigenvalue weighted by molar-refractivity contribution is 6.16. The number of halogens is 1. The van der Waals surface area contributed by atoms with Crippen LogP contribution in [0.1, 0.15) is 5.82 Å². The lowest BCUT2D eigenvalue weighted by Gasteiger charge is -2.01. The Bertz CT molecular complexity index is 518. The molecule has 0 aliphatic carbocycles. The minimum atomic E-state index is -0.218.